The Balaban J connectivity index is 0.000000967. The Kier molecular flexibility index (Phi) is 15.2. The highest BCUT2D eigenvalue weighted by Gasteiger charge is 2.41. The van der Waals surface area contributed by atoms with Crippen molar-refractivity contribution >= 4 is 36.4 Å². The van der Waals surface area contributed by atoms with Crippen LogP contribution in [0.25, 0.3) is 11.3 Å². The lowest BCUT2D eigenvalue weighted by Gasteiger charge is -2.40. The third-order valence-electron chi connectivity index (χ3n) is 10.8. The number of aromatic nitrogens is 5. The number of hydrogen-bond donors (Lipinski definition) is 5. The average molecular weight is 869 g/mol. The zero-order chi connectivity index (χ0) is 43.8. The van der Waals surface area contributed by atoms with Crippen LogP contribution in [0.5, 0.6) is 0 Å². The van der Waals surface area contributed by atoms with Gasteiger partial charge in [0.2, 0.25) is 11.8 Å². The van der Waals surface area contributed by atoms with Crippen LogP contribution in [0.2, 0.25) is 0 Å². The predicted octanol–water partition coefficient (Wildman–Crippen LogP) is 3.57. The minimum absolute atomic E-state index is 0.0108. The molecule has 2 aromatic heterocycles. The first kappa shape index (κ1) is 45.2. The number of amides is 4. The van der Waals surface area contributed by atoms with Gasteiger partial charge in [-0.15, -0.1) is 5.10 Å². The van der Waals surface area contributed by atoms with Gasteiger partial charge in [-0.3, -0.25) is 24.0 Å². The fraction of sp³-hybridized carbons (Fsp3) is 0.488. The van der Waals surface area contributed by atoms with Crippen molar-refractivity contribution in [3.63, 3.8) is 0 Å². The lowest BCUT2D eigenvalue weighted by molar-refractivity contribution is -0.139. The van der Waals surface area contributed by atoms with Crippen LogP contribution in [-0.4, -0.2) is 120 Å². The number of imidazole rings is 1. The van der Waals surface area contributed by atoms with E-state index in [2.05, 4.69) is 33.6 Å². The third kappa shape index (κ3) is 11.5. The number of carboxylic acids is 1. The van der Waals surface area contributed by atoms with E-state index in [9.17, 15) is 23.6 Å². The number of carbonyl (C=O) groups is 4. The summed E-state index contributed by atoms with van der Waals surface area (Å²) in [5, 5.41) is 21.6. The topological polar surface area (TPSA) is 203 Å². The second-order valence-corrected chi connectivity index (χ2v) is 16.3. The fourth-order valence-electron chi connectivity index (χ4n) is 7.60. The van der Waals surface area contributed by atoms with Gasteiger partial charge in [0.05, 0.1) is 36.3 Å². The van der Waals surface area contributed by atoms with E-state index in [1.165, 1.54) is 11.6 Å². The Bertz CT molecular complexity index is 2150. The lowest BCUT2D eigenvalue weighted by atomic mass is 9.89. The maximum atomic E-state index is 15.4. The molecule has 3 aliphatic heterocycles. The van der Waals surface area contributed by atoms with Crippen molar-refractivity contribution in [2.24, 2.45) is 17.6 Å². The van der Waals surface area contributed by atoms with Crippen molar-refractivity contribution in [1.82, 2.24) is 45.0 Å². The number of carboxylic acid groups (broad SMARTS) is 1. The number of nitrogens with one attached hydrogen (secondary N) is 2. The molecule has 0 saturated carbocycles. The number of carbonyl (C=O) groups excluding carboxylic acids is 3. The van der Waals surface area contributed by atoms with Gasteiger partial charge in [0, 0.05) is 69.5 Å². The molecule has 2 aromatic carbocycles. The first-order chi connectivity index (χ1) is 29.2. The van der Waals surface area contributed by atoms with E-state index in [0.717, 1.165) is 28.7 Å². The molecule has 7 rings (SSSR count). The highest BCUT2D eigenvalue weighted by molar-refractivity contribution is 7.81. The minimum atomic E-state index is -1.19. The van der Waals surface area contributed by atoms with E-state index in [4.69, 9.17) is 20.6 Å². The predicted molar refractivity (Wildman–Crippen MR) is 220 cm³/mol. The molecule has 6 atom stereocenters. The monoisotopic (exact) mass is 868 g/mol. The third-order valence-corrected chi connectivity index (χ3v) is 11.2. The van der Waals surface area contributed by atoms with Crippen LogP contribution in [0.1, 0.15) is 56.2 Å². The molecule has 0 aliphatic carbocycles. The van der Waals surface area contributed by atoms with Crippen LogP contribution in [0.4, 0.5) is 18.0 Å². The van der Waals surface area contributed by atoms with Gasteiger partial charge in [-0.25, -0.2) is 22.9 Å². The number of urea groups is 1. The average Bonchev–Trinajstić information content (AvgIpc) is 4.02. The number of aliphatic carboxylic acids is 1. The number of thiol groups is 1. The van der Waals surface area contributed by atoms with Crippen molar-refractivity contribution in [2.45, 2.75) is 82.3 Å². The summed E-state index contributed by atoms with van der Waals surface area (Å²) >= 11 is 4.17. The zero-order valence-corrected chi connectivity index (χ0v) is 34.8. The summed E-state index contributed by atoms with van der Waals surface area (Å²) in [5.41, 5.74) is 6.37. The van der Waals surface area contributed by atoms with Crippen molar-refractivity contribution in [3.05, 3.63) is 89.6 Å². The van der Waals surface area contributed by atoms with E-state index in [1.54, 1.807) is 24.2 Å². The molecule has 0 radical (unpaired) electrons. The number of rotatable bonds is 14. The van der Waals surface area contributed by atoms with E-state index < -0.39 is 59.1 Å². The van der Waals surface area contributed by atoms with Gasteiger partial charge in [0.25, 0.3) is 0 Å². The molecular formula is C41H51F3N10O6S. The molecule has 3 aliphatic rings. The smallest absolute Gasteiger partial charge is 0.320 e. The highest BCUT2D eigenvalue weighted by atomic mass is 32.1. The molecule has 0 bridgehead atoms. The van der Waals surface area contributed by atoms with Crippen molar-refractivity contribution in [1.29, 1.82) is 0 Å². The molecule has 20 heteroatoms. The number of alkyl halides is 1. The normalized spacial score (nSPS) is 20.8. The molecule has 5 N–H and O–H groups in total. The number of nitrogens with two attached hydrogens (primary N) is 1. The number of ether oxygens (including phenoxy) is 1. The summed E-state index contributed by atoms with van der Waals surface area (Å²) in [4.78, 5) is 56.6. The second-order valence-electron chi connectivity index (χ2n) is 15.7. The summed E-state index contributed by atoms with van der Waals surface area (Å²) in [6.07, 6.45) is 3.31. The minimum Gasteiger partial charge on any atom is -0.480 e. The summed E-state index contributed by atoms with van der Waals surface area (Å²) in [6, 6.07) is 10.5. The number of likely N-dealkylation sites (tertiary alicyclic amines) is 1. The molecule has 5 unspecified atom stereocenters. The van der Waals surface area contributed by atoms with Gasteiger partial charge in [-0.05, 0) is 56.4 Å². The van der Waals surface area contributed by atoms with Crippen molar-refractivity contribution in [3.8, 4) is 11.3 Å². The molecule has 0 spiro atoms. The van der Waals surface area contributed by atoms with E-state index in [1.807, 2.05) is 34.9 Å². The van der Waals surface area contributed by atoms with Crippen LogP contribution in [0, 0.1) is 23.5 Å². The molecule has 4 aromatic rings. The summed E-state index contributed by atoms with van der Waals surface area (Å²) in [5.74, 6) is -3.12. The zero-order valence-electron chi connectivity index (χ0n) is 33.9. The number of hydrogen-bond acceptors (Lipinski definition) is 11. The van der Waals surface area contributed by atoms with Gasteiger partial charge in [-0.2, -0.15) is 12.6 Å². The van der Waals surface area contributed by atoms with Crippen LogP contribution < -0.4 is 16.4 Å². The van der Waals surface area contributed by atoms with Gasteiger partial charge in [-0.1, -0.05) is 35.5 Å². The molecule has 5 heterocycles. The van der Waals surface area contributed by atoms with Gasteiger partial charge in [0.1, 0.15) is 35.4 Å². The van der Waals surface area contributed by atoms with Crippen LogP contribution in [-0.2, 0) is 38.8 Å². The Hall–Kier alpha value is -5.31. The molecular weight excluding hydrogens is 818 g/mol. The van der Waals surface area contributed by atoms with Gasteiger partial charge in [0.15, 0.2) is 0 Å². The number of nitrogens with zero attached hydrogens (tertiary/aromatic N) is 7. The van der Waals surface area contributed by atoms with E-state index >= 15 is 8.78 Å². The number of halogens is 3. The van der Waals surface area contributed by atoms with Gasteiger partial charge >= 0.3 is 12.0 Å². The van der Waals surface area contributed by atoms with Crippen molar-refractivity contribution in [2.75, 3.05) is 32.8 Å². The quantitative estimate of drug-likeness (QED) is 0.0917. The molecule has 16 nitrogen and oxygen atoms in total. The van der Waals surface area contributed by atoms with E-state index in [0.29, 0.717) is 50.7 Å². The Morgan fingerprint density at radius 3 is 2.44 bits per heavy atom. The SMILES string of the molecule is CC(Cn1cc(CN2C(=O)CC(S)C2=O)nn1)NC(=O)N(CC1CNCC1F)C(c1nc(-c2cc(F)ccc2F)cn1Cc1ccccc1)C1CCOCC1.C[C@H](N)C(=O)O. The van der Waals surface area contributed by atoms with Crippen LogP contribution in [0.15, 0.2) is 60.9 Å². The van der Waals surface area contributed by atoms with Crippen LogP contribution in [0.3, 0.4) is 0 Å². The molecule has 3 saturated heterocycles. The summed E-state index contributed by atoms with van der Waals surface area (Å²) in [7, 11) is 0. The molecule has 61 heavy (non-hydrogen) atoms. The molecule has 4 amide bonds. The lowest BCUT2D eigenvalue weighted by Crippen LogP contribution is -2.51. The first-order valence-corrected chi connectivity index (χ1v) is 20.7. The standard InChI is InChI=1S/C38H44F3N9O4S.C3H7NO2/c1-23(17-48-20-28(45-46-48)21-49-34(51)14-33(55)37(49)52)43-38(53)50(19-26-15-42-16-31(26)41)35(25-9-11-54-12-10-25)36-44-32(29-13-27(39)7-8-30(29)40)22-47(36)18-24-5-3-2-4-6-24;1-2(4)3(5)6/h2-8,13,20,22-23,25-26,31,33,35,42,55H,9-12,14-19,21H2,1H3,(H,43,53);2H,4H2,1H3,(H,5,6)/t;2-/m.0/s1. The number of imide groups is 1. The Morgan fingerprint density at radius 2 is 1.80 bits per heavy atom. The Morgan fingerprint density at radius 1 is 1.08 bits per heavy atom. The fourth-order valence-corrected chi connectivity index (χ4v) is 7.90. The molecule has 328 valence electrons. The van der Waals surface area contributed by atoms with E-state index in [-0.39, 0.29) is 61.6 Å². The van der Waals surface area contributed by atoms with Gasteiger partial charge < -0.3 is 35.7 Å². The summed E-state index contributed by atoms with van der Waals surface area (Å²) in [6.45, 7) is 5.23. The number of benzene rings is 2. The second kappa shape index (κ2) is 20.5. The Labute approximate surface area is 356 Å². The maximum absolute atomic E-state index is 15.4. The summed E-state index contributed by atoms with van der Waals surface area (Å²) < 4.78 is 54.2. The van der Waals surface area contributed by atoms with Crippen LogP contribution >= 0.6 is 12.6 Å². The highest BCUT2D eigenvalue weighted by Crippen LogP contribution is 2.38. The first-order valence-electron chi connectivity index (χ1n) is 20.1. The molecule has 3 fully saturated rings. The van der Waals surface area contributed by atoms with Crippen molar-refractivity contribution < 1.29 is 42.2 Å². The largest absolute Gasteiger partial charge is 0.480 e. The maximum Gasteiger partial charge on any atom is 0.320 e.